The highest BCUT2D eigenvalue weighted by Gasteiger charge is 2.24. The second-order valence-electron chi connectivity index (χ2n) is 7.54. The fourth-order valence-electron chi connectivity index (χ4n) is 3.76. The molecular formula is C26H32O6. The van der Waals surface area contributed by atoms with Crippen LogP contribution in [0.2, 0.25) is 0 Å². The summed E-state index contributed by atoms with van der Waals surface area (Å²) >= 11 is 0. The number of hydrogen-bond donors (Lipinski definition) is 0. The molecule has 0 spiro atoms. The highest BCUT2D eigenvalue weighted by atomic mass is 16.5. The molecule has 32 heavy (non-hydrogen) atoms. The lowest BCUT2D eigenvalue weighted by atomic mass is 9.97. The van der Waals surface area contributed by atoms with Crippen LogP contribution in [0, 0.1) is 0 Å². The van der Waals surface area contributed by atoms with E-state index in [0.29, 0.717) is 41.8 Å². The summed E-state index contributed by atoms with van der Waals surface area (Å²) in [4.78, 5) is 12.4. The Morgan fingerprint density at radius 2 is 1.41 bits per heavy atom. The van der Waals surface area contributed by atoms with Crippen molar-refractivity contribution in [2.75, 3.05) is 34.5 Å². The lowest BCUT2D eigenvalue weighted by molar-refractivity contribution is 0.0600. The molecule has 0 aliphatic heterocycles. The van der Waals surface area contributed by atoms with E-state index >= 15 is 0 Å². The maximum absolute atomic E-state index is 12.4. The minimum atomic E-state index is -0.441. The molecule has 0 heterocycles. The average molecular weight is 441 g/mol. The quantitative estimate of drug-likeness (QED) is 0.202. The van der Waals surface area contributed by atoms with E-state index in [2.05, 4.69) is 13.8 Å². The molecule has 0 bridgehead atoms. The minimum absolute atomic E-state index is 0.388. The Hall–Kier alpha value is -3.15. The van der Waals surface area contributed by atoms with E-state index in [-0.39, 0.29) is 0 Å². The van der Waals surface area contributed by atoms with Gasteiger partial charge in [0.1, 0.15) is 23.0 Å². The molecule has 0 aliphatic rings. The lowest BCUT2D eigenvalue weighted by Crippen LogP contribution is -2.06. The first kappa shape index (κ1) is 23.5. The minimum Gasteiger partial charge on any atom is -0.496 e. The van der Waals surface area contributed by atoms with Crippen molar-refractivity contribution >= 4 is 27.5 Å². The van der Waals surface area contributed by atoms with Crippen LogP contribution in [-0.2, 0) is 4.74 Å². The molecule has 6 nitrogen and oxygen atoms in total. The Balaban J connectivity index is 2.45. The monoisotopic (exact) mass is 440 g/mol. The molecule has 3 rings (SSSR count). The number of carbonyl (C=O) groups excluding carboxylic acids is 1. The summed E-state index contributed by atoms with van der Waals surface area (Å²) in [5.74, 6) is 2.10. The molecule has 0 saturated carbocycles. The van der Waals surface area contributed by atoms with Gasteiger partial charge in [0.2, 0.25) is 0 Å². The summed E-state index contributed by atoms with van der Waals surface area (Å²) in [7, 11) is 4.59. The van der Waals surface area contributed by atoms with Crippen molar-refractivity contribution in [3.63, 3.8) is 0 Å². The maximum atomic E-state index is 12.4. The van der Waals surface area contributed by atoms with Gasteiger partial charge in [-0.1, -0.05) is 38.8 Å². The fraction of sp³-hybridized carbons (Fsp3) is 0.423. The van der Waals surface area contributed by atoms with Crippen molar-refractivity contribution in [2.24, 2.45) is 0 Å². The number of esters is 1. The molecule has 0 radical (unpaired) electrons. The number of rotatable bonds is 11. The van der Waals surface area contributed by atoms with E-state index < -0.39 is 5.97 Å². The molecular weight excluding hydrogens is 408 g/mol. The van der Waals surface area contributed by atoms with Crippen LogP contribution in [0.15, 0.2) is 30.3 Å². The summed E-state index contributed by atoms with van der Waals surface area (Å²) in [5.41, 5.74) is 0.388. The van der Waals surface area contributed by atoms with Gasteiger partial charge in [0.15, 0.2) is 0 Å². The molecule has 0 aromatic heterocycles. The van der Waals surface area contributed by atoms with Gasteiger partial charge >= 0.3 is 5.97 Å². The van der Waals surface area contributed by atoms with Crippen LogP contribution < -0.4 is 18.9 Å². The summed E-state index contributed by atoms with van der Waals surface area (Å²) in [6, 6.07) is 9.29. The topological polar surface area (TPSA) is 63.2 Å². The van der Waals surface area contributed by atoms with Gasteiger partial charge in [-0.15, -0.1) is 0 Å². The fourth-order valence-corrected chi connectivity index (χ4v) is 3.76. The number of ether oxygens (including phenoxy) is 5. The number of methoxy groups -OCH3 is 3. The second kappa shape index (κ2) is 10.9. The first-order valence-electron chi connectivity index (χ1n) is 11.1. The number of carbonyl (C=O) groups is 1. The zero-order chi connectivity index (χ0) is 23.1. The third-order valence-corrected chi connectivity index (χ3v) is 5.42. The highest BCUT2D eigenvalue weighted by molar-refractivity contribution is 6.16. The van der Waals surface area contributed by atoms with Crippen LogP contribution in [-0.4, -0.2) is 40.5 Å². The standard InChI is InChI=1S/C26H32O6/c1-6-8-13-31-24-18-11-10-12-20(28-3)22(18)25(32-14-9-7-2)23-19(24)15-17(26(27)30-5)16-21(23)29-4/h10-12,15-16H,6-9,13-14H2,1-5H3. The molecule has 0 aliphatic carbocycles. The third kappa shape index (κ3) is 4.54. The van der Waals surface area contributed by atoms with Gasteiger partial charge in [-0.25, -0.2) is 4.79 Å². The molecule has 6 heteroatoms. The number of benzene rings is 3. The zero-order valence-electron chi connectivity index (χ0n) is 19.6. The molecule has 0 amide bonds. The number of fused-ring (bicyclic) bond motifs is 2. The van der Waals surface area contributed by atoms with Crippen molar-refractivity contribution in [2.45, 2.75) is 39.5 Å². The molecule has 0 unspecified atom stereocenters. The van der Waals surface area contributed by atoms with Gasteiger partial charge in [0.25, 0.3) is 0 Å². The molecule has 3 aromatic carbocycles. The van der Waals surface area contributed by atoms with Crippen LogP contribution in [0.4, 0.5) is 0 Å². The van der Waals surface area contributed by atoms with Crippen LogP contribution in [0.3, 0.4) is 0 Å². The second-order valence-corrected chi connectivity index (χ2v) is 7.54. The van der Waals surface area contributed by atoms with E-state index in [1.165, 1.54) is 7.11 Å². The Morgan fingerprint density at radius 1 is 0.781 bits per heavy atom. The van der Waals surface area contributed by atoms with Gasteiger partial charge in [0, 0.05) is 10.8 Å². The van der Waals surface area contributed by atoms with Crippen LogP contribution in [0.25, 0.3) is 21.5 Å². The molecule has 0 fully saturated rings. The molecule has 0 N–H and O–H groups in total. The Bertz CT molecular complexity index is 1090. The van der Waals surface area contributed by atoms with Gasteiger partial charge in [0.05, 0.1) is 50.9 Å². The van der Waals surface area contributed by atoms with E-state index in [1.54, 1.807) is 26.4 Å². The Morgan fingerprint density at radius 3 is 2.00 bits per heavy atom. The molecule has 172 valence electrons. The first-order valence-corrected chi connectivity index (χ1v) is 11.1. The van der Waals surface area contributed by atoms with Crippen molar-refractivity contribution in [1.82, 2.24) is 0 Å². The Kier molecular flexibility index (Phi) is 8.03. The predicted octanol–water partition coefficient (Wildman–Crippen LogP) is 6.15. The third-order valence-electron chi connectivity index (χ3n) is 5.42. The first-order chi connectivity index (χ1) is 15.6. The van der Waals surface area contributed by atoms with Crippen LogP contribution in [0.5, 0.6) is 23.0 Å². The van der Waals surface area contributed by atoms with Gasteiger partial charge in [-0.2, -0.15) is 0 Å². The SMILES string of the molecule is CCCCOc1c2cccc(OC)c2c(OCCCC)c2c(OC)cc(C(=O)OC)cc12. The largest absolute Gasteiger partial charge is 0.496 e. The van der Waals surface area contributed by atoms with Crippen LogP contribution in [0.1, 0.15) is 49.9 Å². The van der Waals surface area contributed by atoms with E-state index in [0.717, 1.165) is 47.2 Å². The summed E-state index contributed by atoms with van der Waals surface area (Å²) in [6.45, 7) is 5.34. The van der Waals surface area contributed by atoms with Crippen molar-refractivity contribution < 1.29 is 28.5 Å². The van der Waals surface area contributed by atoms with Gasteiger partial charge in [-0.3, -0.25) is 0 Å². The molecule has 0 atom stereocenters. The highest BCUT2D eigenvalue weighted by Crippen LogP contribution is 2.50. The van der Waals surface area contributed by atoms with Crippen molar-refractivity contribution in [3.8, 4) is 23.0 Å². The molecule has 0 saturated heterocycles. The van der Waals surface area contributed by atoms with E-state index in [1.807, 2.05) is 18.2 Å². The number of unbranched alkanes of at least 4 members (excludes halogenated alkanes) is 2. The van der Waals surface area contributed by atoms with Crippen molar-refractivity contribution in [3.05, 3.63) is 35.9 Å². The summed E-state index contributed by atoms with van der Waals surface area (Å²) in [5, 5.41) is 3.19. The average Bonchev–Trinajstić information content (AvgIpc) is 2.83. The smallest absolute Gasteiger partial charge is 0.338 e. The van der Waals surface area contributed by atoms with Gasteiger partial charge in [-0.05, 0) is 31.0 Å². The normalized spacial score (nSPS) is 10.9. The maximum Gasteiger partial charge on any atom is 0.338 e. The number of hydrogen-bond acceptors (Lipinski definition) is 6. The summed E-state index contributed by atoms with van der Waals surface area (Å²) < 4.78 is 29.0. The van der Waals surface area contributed by atoms with E-state index in [9.17, 15) is 4.79 Å². The summed E-state index contributed by atoms with van der Waals surface area (Å²) in [6.07, 6.45) is 3.84. The lowest BCUT2D eigenvalue weighted by Gasteiger charge is -2.21. The Labute approximate surface area is 189 Å². The zero-order valence-corrected chi connectivity index (χ0v) is 19.6. The van der Waals surface area contributed by atoms with Crippen molar-refractivity contribution in [1.29, 1.82) is 0 Å². The molecule has 3 aromatic rings. The van der Waals surface area contributed by atoms with E-state index in [4.69, 9.17) is 23.7 Å². The van der Waals surface area contributed by atoms with Gasteiger partial charge < -0.3 is 23.7 Å². The van der Waals surface area contributed by atoms with Crippen LogP contribution >= 0.6 is 0 Å². The predicted molar refractivity (Wildman–Crippen MR) is 127 cm³/mol.